The maximum Gasteiger partial charge on any atom is 0.246 e. The molecule has 1 aromatic heterocycles. The first kappa shape index (κ1) is 39.4. The zero-order valence-electron chi connectivity index (χ0n) is 32.4. The smallest absolute Gasteiger partial charge is 0.246 e. The summed E-state index contributed by atoms with van der Waals surface area (Å²) in [6, 6.07) is 33.5. The fraction of sp³-hybridized carbons (Fsp3) is 0.283. The van der Waals surface area contributed by atoms with Gasteiger partial charge in [0.05, 0.1) is 38.7 Å². The quantitative estimate of drug-likeness (QED) is 0.0919. The van der Waals surface area contributed by atoms with Gasteiger partial charge in [0, 0.05) is 56.9 Å². The van der Waals surface area contributed by atoms with Crippen LogP contribution in [0.4, 0.5) is 0 Å². The number of amides is 1. The lowest BCUT2D eigenvalue weighted by Gasteiger charge is -2.34. The fourth-order valence-electron chi connectivity index (χ4n) is 6.35. The number of carbonyl (C=O) groups is 1. The van der Waals surface area contributed by atoms with Crippen LogP contribution in [0.3, 0.4) is 0 Å². The van der Waals surface area contributed by atoms with Crippen molar-refractivity contribution in [2.45, 2.75) is 39.3 Å². The summed E-state index contributed by atoms with van der Waals surface area (Å²) in [5.41, 5.74) is 5.87. The highest BCUT2D eigenvalue weighted by atomic mass is 16.5. The maximum absolute atomic E-state index is 13.2. The highest BCUT2D eigenvalue weighted by Gasteiger charge is 2.20. The lowest BCUT2D eigenvalue weighted by molar-refractivity contribution is -0.127. The number of piperazine rings is 1. The van der Waals surface area contributed by atoms with E-state index in [1.807, 2.05) is 29.2 Å². The lowest BCUT2D eigenvalue weighted by atomic mass is 10.0. The second kappa shape index (κ2) is 19.3. The Hall–Kier alpha value is -6.31. The number of carbonyl (C=O) groups excluding carboxylic acids is 1. The van der Waals surface area contributed by atoms with Crippen molar-refractivity contribution in [3.05, 3.63) is 143 Å². The van der Waals surface area contributed by atoms with Gasteiger partial charge in [-0.1, -0.05) is 68.4 Å². The second-order valence-electron chi connectivity index (χ2n) is 13.8. The maximum atomic E-state index is 13.2. The molecule has 0 radical (unpaired) electrons. The van der Waals surface area contributed by atoms with Crippen molar-refractivity contribution in [1.82, 2.24) is 14.8 Å². The van der Waals surface area contributed by atoms with Crippen LogP contribution < -0.4 is 23.7 Å². The Morgan fingerprint density at radius 1 is 0.839 bits per heavy atom. The van der Waals surface area contributed by atoms with Gasteiger partial charge in [-0.2, -0.15) is 5.26 Å². The fourth-order valence-corrected chi connectivity index (χ4v) is 6.35. The van der Waals surface area contributed by atoms with Crippen molar-refractivity contribution < 1.29 is 28.5 Å². The molecule has 0 unspecified atom stereocenters. The van der Waals surface area contributed by atoms with Crippen LogP contribution in [0.25, 0.3) is 6.08 Å². The summed E-state index contributed by atoms with van der Waals surface area (Å²) in [5.74, 6) is 3.39. The molecule has 1 aliphatic heterocycles. The third-order valence-electron chi connectivity index (χ3n) is 9.65. The van der Waals surface area contributed by atoms with Gasteiger partial charge in [0.15, 0.2) is 11.5 Å². The van der Waals surface area contributed by atoms with Crippen molar-refractivity contribution in [3.63, 3.8) is 0 Å². The predicted octanol–water partition coefficient (Wildman–Crippen LogP) is 8.44. The molecule has 1 fully saturated rings. The zero-order chi connectivity index (χ0) is 39.3. The van der Waals surface area contributed by atoms with Crippen LogP contribution in [-0.2, 0) is 24.4 Å². The minimum Gasteiger partial charge on any atom is -0.493 e. The zero-order valence-corrected chi connectivity index (χ0v) is 32.4. The molecule has 56 heavy (non-hydrogen) atoms. The van der Waals surface area contributed by atoms with Crippen LogP contribution in [0.2, 0.25) is 0 Å². The summed E-state index contributed by atoms with van der Waals surface area (Å²) in [6.07, 6.45) is 5.75. The third kappa shape index (κ3) is 10.7. The summed E-state index contributed by atoms with van der Waals surface area (Å²) in [6.45, 7) is 9.00. The molecule has 10 heteroatoms. The van der Waals surface area contributed by atoms with E-state index < -0.39 is 0 Å². The summed E-state index contributed by atoms with van der Waals surface area (Å²) in [5, 5.41) is 9.32. The number of pyridine rings is 1. The van der Waals surface area contributed by atoms with Gasteiger partial charge in [-0.15, -0.1) is 0 Å². The van der Waals surface area contributed by atoms with E-state index >= 15 is 0 Å². The number of nitriles is 1. The number of aromatic nitrogens is 1. The summed E-state index contributed by atoms with van der Waals surface area (Å²) < 4.78 is 29.2. The molecule has 1 aliphatic rings. The molecule has 4 aromatic carbocycles. The van der Waals surface area contributed by atoms with Crippen molar-refractivity contribution in [2.24, 2.45) is 0 Å². The van der Waals surface area contributed by atoms with E-state index in [2.05, 4.69) is 72.3 Å². The molecule has 5 aromatic rings. The Morgan fingerprint density at radius 3 is 2.25 bits per heavy atom. The molecular formula is C46H48N4O6. The standard InChI is InChI=1S/C46H48N4O6/c1-33(2)37-10-7-11-40(28-37)54-25-20-34-12-14-35(15-13-34)31-49-21-23-50(24-22-49)45(51)19-16-36-26-42(52-3)46(43(27-36)53-4)56-44-18-17-41(30-48-44)55-32-39-9-6-5-8-38(39)29-47/h5-19,26-28,30,33H,20-25,31-32H2,1-4H3. The van der Waals surface area contributed by atoms with Gasteiger partial charge < -0.3 is 28.6 Å². The SMILES string of the molecule is COc1cc(C=CC(=O)N2CCN(Cc3ccc(CCOc4cccc(C(C)C)c4)cc3)CC2)cc(OC)c1Oc1ccc(OCc2ccccc2C#N)cn1. The Kier molecular flexibility index (Phi) is 13.6. The van der Waals surface area contributed by atoms with E-state index in [1.54, 1.807) is 62.9 Å². The lowest BCUT2D eigenvalue weighted by Crippen LogP contribution is -2.47. The van der Waals surface area contributed by atoms with Gasteiger partial charge in [-0.05, 0) is 70.6 Å². The monoisotopic (exact) mass is 752 g/mol. The first-order valence-electron chi connectivity index (χ1n) is 18.8. The number of rotatable bonds is 16. The number of hydrogen-bond donors (Lipinski definition) is 0. The molecule has 0 saturated carbocycles. The van der Waals surface area contributed by atoms with Gasteiger partial charge in [0.2, 0.25) is 17.5 Å². The number of benzene rings is 4. The second-order valence-corrected chi connectivity index (χ2v) is 13.8. The largest absolute Gasteiger partial charge is 0.493 e. The summed E-state index contributed by atoms with van der Waals surface area (Å²) >= 11 is 0. The van der Waals surface area contributed by atoms with Gasteiger partial charge in [0.25, 0.3) is 0 Å². The molecule has 0 atom stereocenters. The van der Waals surface area contributed by atoms with E-state index in [0.717, 1.165) is 42.9 Å². The topological polar surface area (TPSA) is 106 Å². The Labute approximate surface area is 329 Å². The Morgan fingerprint density at radius 2 is 1.57 bits per heavy atom. The van der Waals surface area contributed by atoms with Crippen LogP contribution >= 0.6 is 0 Å². The van der Waals surface area contributed by atoms with Crippen molar-refractivity contribution >= 4 is 12.0 Å². The number of methoxy groups -OCH3 is 2. The van der Waals surface area contributed by atoms with E-state index in [0.29, 0.717) is 60.1 Å². The van der Waals surface area contributed by atoms with Gasteiger partial charge in [0.1, 0.15) is 18.1 Å². The normalized spacial score (nSPS) is 13.0. The van der Waals surface area contributed by atoms with Gasteiger partial charge >= 0.3 is 0 Å². The Bertz CT molecular complexity index is 2110. The Balaban J connectivity index is 0.966. The van der Waals surface area contributed by atoms with Gasteiger partial charge in [-0.3, -0.25) is 9.69 Å². The highest BCUT2D eigenvalue weighted by Crippen LogP contribution is 2.41. The van der Waals surface area contributed by atoms with E-state index in [4.69, 9.17) is 23.7 Å². The molecule has 0 aliphatic carbocycles. The van der Waals surface area contributed by atoms with Crippen LogP contribution in [0.5, 0.6) is 34.6 Å². The molecule has 1 saturated heterocycles. The summed E-state index contributed by atoms with van der Waals surface area (Å²) in [7, 11) is 3.09. The van der Waals surface area contributed by atoms with Crippen LogP contribution in [0.15, 0.2) is 109 Å². The molecule has 1 amide bonds. The number of nitrogens with zero attached hydrogens (tertiary/aromatic N) is 4. The van der Waals surface area contributed by atoms with E-state index in [9.17, 15) is 10.1 Å². The molecular weight excluding hydrogens is 705 g/mol. The van der Waals surface area contributed by atoms with E-state index in [1.165, 1.54) is 16.7 Å². The van der Waals surface area contributed by atoms with Crippen LogP contribution in [-0.4, -0.2) is 67.7 Å². The van der Waals surface area contributed by atoms with E-state index in [-0.39, 0.29) is 12.5 Å². The minimum absolute atomic E-state index is 0.0481. The van der Waals surface area contributed by atoms with Crippen molar-refractivity contribution in [2.75, 3.05) is 47.0 Å². The highest BCUT2D eigenvalue weighted by molar-refractivity contribution is 5.92. The molecule has 0 N–H and O–H groups in total. The minimum atomic E-state index is -0.0481. The summed E-state index contributed by atoms with van der Waals surface area (Å²) in [4.78, 5) is 21.8. The number of hydrogen-bond acceptors (Lipinski definition) is 9. The van der Waals surface area contributed by atoms with Crippen molar-refractivity contribution in [1.29, 1.82) is 5.26 Å². The number of ether oxygens (including phenoxy) is 5. The average molecular weight is 753 g/mol. The predicted molar refractivity (Wildman–Crippen MR) is 216 cm³/mol. The molecule has 0 spiro atoms. The molecule has 0 bridgehead atoms. The molecule has 10 nitrogen and oxygen atoms in total. The molecule has 2 heterocycles. The third-order valence-corrected chi connectivity index (χ3v) is 9.65. The first-order valence-corrected chi connectivity index (χ1v) is 18.8. The molecule has 288 valence electrons. The average Bonchev–Trinajstić information content (AvgIpc) is 3.23. The van der Waals surface area contributed by atoms with Crippen molar-refractivity contribution in [3.8, 4) is 40.7 Å². The van der Waals surface area contributed by atoms with Gasteiger partial charge in [-0.25, -0.2) is 4.98 Å². The van der Waals surface area contributed by atoms with Crippen LogP contribution in [0, 0.1) is 11.3 Å². The molecule has 6 rings (SSSR count). The van der Waals surface area contributed by atoms with Crippen LogP contribution in [0.1, 0.15) is 53.1 Å². The first-order chi connectivity index (χ1) is 27.3.